The summed E-state index contributed by atoms with van der Waals surface area (Å²) < 4.78 is 5.58. The zero-order chi connectivity index (χ0) is 11.5. The maximum atomic E-state index is 11.3. The summed E-state index contributed by atoms with van der Waals surface area (Å²) in [6.45, 7) is 2.61. The van der Waals surface area contributed by atoms with Crippen molar-refractivity contribution in [3.8, 4) is 0 Å². The molecule has 2 rings (SSSR count). The van der Waals surface area contributed by atoms with E-state index in [0.717, 1.165) is 16.9 Å². The number of benzene rings is 1. The molecule has 4 heteroatoms. The first-order chi connectivity index (χ1) is 7.70. The van der Waals surface area contributed by atoms with Gasteiger partial charge in [0, 0.05) is 11.3 Å². The molecule has 1 aromatic carbocycles. The fourth-order valence-electron chi connectivity index (χ4n) is 1.63. The Balaban J connectivity index is 2.52. The van der Waals surface area contributed by atoms with Crippen molar-refractivity contribution < 1.29 is 9.53 Å². The lowest BCUT2D eigenvalue weighted by Gasteiger charge is -2.20. The number of hydrogen-bond donors (Lipinski definition) is 1. The Labute approximate surface area is 98.7 Å². The molecule has 1 aliphatic heterocycles. The van der Waals surface area contributed by atoms with Crippen LogP contribution in [0.25, 0.3) is 5.76 Å². The molecule has 0 fully saturated rings. The molecule has 3 nitrogen and oxygen atoms in total. The minimum Gasteiger partial charge on any atom is -0.491 e. The lowest BCUT2D eigenvalue weighted by molar-refractivity contribution is -0.113. The first-order valence-corrected chi connectivity index (χ1v) is 6.04. The Bertz CT molecular complexity index is 454. The maximum Gasteiger partial charge on any atom is 0.258 e. The molecule has 0 aliphatic carbocycles. The van der Waals surface area contributed by atoms with E-state index in [1.807, 2.05) is 31.2 Å². The highest BCUT2D eigenvalue weighted by Crippen LogP contribution is 2.33. The quantitative estimate of drug-likeness (QED) is 0.852. The highest BCUT2D eigenvalue weighted by atomic mass is 32.2. The maximum absolute atomic E-state index is 11.3. The fraction of sp³-hybridized carbons (Fsp3) is 0.250. The Kier molecular flexibility index (Phi) is 3.19. The van der Waals surface area contributed by atoms with E-state index in [0.29, 0.717) is 17.3 Å². The summed E-state index contributed by atoms with van der Waals surface area (Å²) >= 11 is 1.46. The molecule has 2 N–H and O–H groups in total. The monoisotopic (exact) mass is 235 g/mol. The molecule has 1 aromatic rings. The molecule has 0 radical (unpaired) electrons. The average Bonchev–Trinajstić information content (AvgIpc) is 2.29. The van der Waals surface area contributed by atoms with Crippen LogP contribution in [0.15, 0.2) is 29.2 Å². The van der Waals surface area contributed by atoms with Gasteiger partial charge in [0.2, 0.25) is 0 Å². The van der Waals surface area contributed by atoms with Gasteiger partial charge in [-0.05, 0) is 12.5 Å². The van der Waals surface area contributed by atoms with E-state index < -0.39 is 5.91 Å². The standard InChI is InChI=1S/C12H13NO2S/c1-8-4-2-3-5-9(8)10-11(12(13)14)16-7-6-15-10/h2-5H,6-7H2,1H3,(H2,13,14). The number of amides is 1. The normalized spacial score (nSPS) is 15.8. The van der Waals surface area contributed by atoms with Gasteiger partial charge in [0.05, 0.1) is 6.61 Å². The molecule has 1 heterocycles. The number of primary amides is 1. The lowest BCUT2D eigenvalue weighted by Crippen LogP contribution is -2.19. The van der Waals surface area contributed by atoms with Crippen molar-refractivity contribution in [3.05, 3.63) is 40.3 Å². The summed E-state index contributed by atoms with van der Waals surface area (Å²) in [5.41, 5.74) is 7.38. The molecule has 0 saturated heterocycles. The van der Waals surface area contributed by atoms with Gasteiger partial charge in [-0.3, -0.25) is 4.79 Å². The van der Waals surface area contributed by atoms with Crippen molar-refractivity contribution >= 4 is 23.4 Å². The van der Waals surface area contributed by atoms with Crippen LogP contribution >= 0.6 is 11.8 Å². The molecule has 0 aromatic heterocycles. The fourth-order valence-corrected chi connectivity index (χ4v) is 2.44. The second-order valence-electron chi connectivity index (χ2n) is 3.53. The number of nitrogens with two attached hydrogens (primary N) is 1. The van der Waals surface area contributed by atoms with E-state index in [1.54, 1.807) is 0 Å². The SMILES string of the molecule is Cc1ccccc1C1=C(C(N)=O)SCCO1. The first-order valence-electron chi connectivity index (χ1n) is 5.06. The van der Waals surface area contributed by atoms with Crippen LogP contribution in [0, 0.1) is 6.92 Å². The van der Waals surface area contributed by atoms with Crippen LogP contribution in [0.4, 0.5) is 0 Å². The second-order valence-corrected chi connectivity index (χ2v) is 4.64. The van der Waals surface area contributed by atoms with Crippen LogP contribution in [0.1, 0.15) is 11.1 Å². The minimum absolute atomic E-state index is 0.414. The Morgan fingerprint density at radius 2 is 2.19 bits per heavy atom. The van der Waals surface area contributed by atoms with Gasteiger partial charge in [0.15, 0.2) is 0 Å². The Morgan fingerprint density at radius 3 is 2.88 bits per heavy atom. The van der Waals surface area contributed by atoms with Gasteiger partial charge in [-0.2, -0.15) is 0 Å². The summed E-state index contributed by atoms with van der Waals surface area (Å²) in [7, 11) is 0. The summed E-state index contributed by atoms with van der Waals surface area (Å²) in [5.74, 6) is 0.984. The molecule has 1 aliphatic rings. The van der Waals surface area contributed by atoms with Gasteiger partial charge in [0.25, 0.3) is 5.91 Å². The Hall–Kier alpha value is -1.42. The largest absolute Gasteiger partial charge is 0.491 e. The van der Waals surface area contributed by atoms with Gasteiger partial charge in [0.1, 0.15) is 10.7 Å². The molecule has 0 bridgehead atoms. The van der Waals surface area contributed by atoms with Crippen LogP contribution in [-0.2, 0) is 9.53 Å². The van der Waals surface area contributed by atoms with Crippen LogP contribution in [0.5, 0.6) is 0 Å². The highest BCUT2D eigenvalue weighted by molar-refractivity contribution is 8.04. The topological polar surface area (TPSA) is 52.3 Å². The predicted octanol–water partition coefficient (Wildman–Crippen LogP) is 1.91. The third kappa shape index (κ3) is 2.07. The van der Waals surface area contributed by atoms with Crippen molar-refractivity contribution in [1.29, 1.82) is 0 Å². The van der Waals surface area contributed by atoms with E-state index in [1.165, 1.54) is 11.8 Å². The number of aryl methyl sites for hydroxylation is 1. The van der Waals surface area contributed by atoms with Gasteiger partial charge in [-0.25, -0.2) is 0 Å². The molecule has 0 atom stereocenters. The number of rotatable bonds is 2. The summed E-state index contributed by atoms with van der Waals surface area (Å²) in [4.78, 5) is 11.8. The molecule has 16 heavy (non-hydrogen) atoms. The van der Waals surface area contributed by atoms with Gasteiger partial charge < -0.3 is 10.5 Å². The van der Waals surface area contributed by atoms with E-state index in [4.69, 9.17) is 10.5 Å². The third-order valence-corrected chi connectivity index (χ3v) is 3.44. The highest BCUT2D eigenvalue weighted by Gasteiger charge is 2.21. The second kappa shape index (κ2) is 4.61. The van der Waals surface area contributed by atoms with Crippen molar-refractivity contribution in [2.75, 3.05) is 12.4 Å². The predicted molar refractivity (Wildman–Crippen MR) is 65.7 cm³/mol. The third-order valence-electron chi connectivity index (χ3n) is 2.40. The number of ether oxygens (including phenoxy) is 1. The van der Waals surface area contributed by atoms with Crippen LogP contribution in [0.2, 0.25) is 0 Å². The van der Waals surface area contributed by atoms with Gasteiger partial charge in [-0.1, -0.05) is 24.3 Å². The number of hydrogen-bond acceptors (Lipinski definition) is 3. The minimum atomic E-state index is -0.414. The summed E-state index contributed by atoms with van der Waals surface area (Å²) in [6.07, 6.45) is 0. The van der Waals surface area contributed by atoms with Crippen molar-refractivity contribution in [2.45, 2.75) is 6.92 Å². The molecule has 0 saturated carbocycles. The Morgan fingerprint density at radius 1 is 1.44 bits per heavy atom. The van der Waals surface area contributed by atoms with Crippen molar-refractivity contribution in [2.24, 2.45) is 5.73 Å². The number of thioether (sulfide) groups is 1. The van der Waals surface area contributed by atoms with Crippen LogP contribution < -0.4 is 5.73 Å². The smallest absolute Gasteiger partial charge is 0.258 e. The van der Waals surface area contributed by atoms with Crippen molar-refractivity contribution in [3.63, 3.8) is 0 Å². The molecule has 0 spiro atoms. The van der Waals surface area contributed by atoms with E-state index in [2.05, 4.69) is 0 Å². The zero-order valence-electron chi connectivity index (χ0n) is 9.03. The molecular weight excluding hydrogens is 222 g/mol. The molecule has 84 valence electrons. The summed E-state index contributed by atoms with van der Waals surface area (Å²) in [5, 5.41) is 0. The van der Waals surface area contributed by atoms with E-state index in [-0.39, 0.29) is 0 Å². The molecular formula is C12H13NO2S. The van der Waals surface area contributed by atoms with Crippen LogP contribution in [0.3, 0.4) is 0 Å². The van der Waals surface area contributed by atoms with Gasteiger partial charge >= 0.3 is 0 Å². The molecule has 1 amide bonds. The average molecular weight is 235 g/mol. The molecule has 0 unspecified atom stereocenters. The lowest BCUT2D eigenvalue weighted by atomic mass is 10.1. The van der Waals surface area contributed by atoms with E-state index >= 15 is 0 Å². The van der Waals surface area contributed by atoms with E-state index in [9.17, 15) is 4.79 Å². The summed E-state index contributed by atoms with van der Waals surface area (Å²) in [6, 6.07) is 7.82. The zero-order valence-corrected chi connectivity index (χ0v) is 9.84. The van der Waals surface area contributed by atoms with Crippen LogP contribution in [-0.4, -0.2) is 18.3 Å². The first kappa shape index (κ1) is 11.1. The van der Waals surface area contributed by atoms with Gasteiger partial charge in [-0.15, -0.1) is 11.8 Å². The van der Waals surface area contributed by atoms with Crippen molar-refractivity contribution in [1.82, 2.24) is 0 Å². The number of carbonyl (C=O) groups excluding carboxylic acids is 1. The number of carbonyl (C=O) groups is 1.